The molecule has 0 saturated heterocycles. The summed E-state index contributed by atoms with van der Waals surface area (Å²) >= 11 is 0. The average Bonchev–Trinajstić information content (AvgIpc) is 2.80. The van der Waals surface area contributed by atoms with Crippen LogP contribution in [0.5, 0.6) is 0 Å². The van der Waals surface area contributed by atoms with Gasteiger partial charge < -0.3 is 14.9 Å². The molecule has 0 aliphatic heterocycles. The number of rotatable bonds is 8. The second-order valence-electron chi connectivity index (χ2n) is 8.31. The molecule has 1 N–H and O–H groups in total. The van der Waals surface area contributed by atoms with Gasteiger partial charge in [-0.1, -0.05) is 41.5 Å². The molecule has 0 heterocycles. The first-order valence-electron chi connectivity index (χ1n) is 9.44. The Labute approximate surface area is 138 Å². The normalized spacial score (nSPS) is 36.7. The monoisotopic (exact) mass is 310 g/mol. The van der Waals surface area contributed by atoms with Crippen molar-refractivity contribution in [2.24, 2.45) is 22.7 Å². The summed E-state index contributed by atoms with van der Waals surface area (Å²) in [5, 5.41) is 11.0. The number of aliphatic hydroxyl groups is 1. The van der Waals surface area contributed by atoms with Gasteiger partial charge in [0.2, 0.25) is 0 Å². The average molecular weight is 311 g/mol. The highest BCUT2D eigenvalue weighted by Gasteiger charge is 2.65. The zero-order valence-corrected chi connectivity index (χ0v) is 15.7. The van der Waals surface area contributed by atoms with Crippen molar-refractivity contribution in [2.45, 2.75) is 60.5 Å². The summed E-state index contributed by atoms with van der Waals surface area (Å²) in [6, 6.07) is 0. The third-order valence-electron chi connectivity index (χ3n) is 7.49. The minimum atomic E-state index is -0.122. The molecule has 2 saturated carbocycles. The van der Waals surface area contributed by atoms with E-state index in [1.807, 2.05) is 0 Å². The van der Waals surface area contributed by atoms with Crippen molar-refractivity contribution in [2.75, 3.05) is 39.3 Å². The summed E-state index contributed by atoms with van der Waals surface area (Å²) in [6.45, 7) is 20.5. The molecule has 0 spiro atoms. The van der Waals surface area contributed by atoms with E-state index in [1.54, 1.807) is 0 Å². The highest BCUT2D eigenvalue weighted by atomic mass is 16.3. The lowest BCUT2D eigenvalue weighted by molar-refractivity contribution is -0.0185. The quantitative estimate of drug-likeness (QED) is 0.746. The van der Waals surface area contributed by atoms with Gasteiger partial charge in [0.1, 0.15) is 0 Å². The first-order chi connectivity index (χ1) is 10.3. The van der Waals surface area contributed by atoms with Crippen LogP contribution in [0.15, 0.2) is 0 Å². The van der Waals surface area contributed by atoms with Crippen LogP contribution in [0, 0.1) is 22.7 Å². The smallest absolute Gasteiger partial charge is 0.0642 e. The summed E-state index contributed by atoms with van der Waals surface area (Å²) in [6.07, 6.45) is 2.39. The summed E-state index contributed by atoms with van der Waals surface area (Å²) in [7, 11) is 0. The van der Waals surface area contributed by atoms with Crippen molar-refractivity contribution < 1.29 is 5.11 Å². The molecular formula is C19H38N2O. The van der Waals surface area contributed by atoms with E-state index in [-0.39, 0.29) is 16.9 Å². The zero-order valence-electron chi connectivity index (χ0n) is 15.7. The van der Waals surface area contributed by atoms with Crippen LogP contribution in [0.25, 0.3) is 0 Å². The number of hydrogen-bond acceptors (Lipinski definition) is 3. The number of fused-ring (bicyclic) bond motifs is 2. The second kappa shape index (κ2) is 6.78. The van der Waals surface area contributed by atoms with Crippen LogP contribution < -0.4 is 0 Å². The Morgan fingerprint density at radius 3 is 1.95 bits per heavy atom. The molecular weight excluding hydrogens is 272 g/mol. The van der Waals surface area contributed by atoms with Gasteiger partial charge in [0.15, 0.2) is 0 Å². The molecule has 0 amide bonds. The lowest BCUT2D eigenvalue weighted by Crippen LogP contribution is -2.43. The van der Waals surface area contributed by atoms with Gasteiger partial charge in [-0.2, -0.15) is 0 Å². The van der Waals surface area contributed by atoms with E-state index >= 15 is 0 Å². The zero-order chi connectivity index (χ0) is 16.5. The molecule has 3 heteroatoms. The Morgan fingerprint density at radius 1 is 0.955 bits per heavy atom. The summed E-state index contributed by atoms with van der Waals surface area (Å²) in [5.74, 6) is 1.15. The first-order valence-corrected chi connectivity index (χ1v) is 9.44. The van der Waals surface area contributed by atoms with Gasteiger partial charge in [0.25, 0.3) is 0 Å². The van der Waals surface area contributed by atoms with E-state index in [0.29, 0.717) is 11.8 Å². The molecule has 2 aliphatic rings. The Balaban J connectivity index is 1.97. The fourth-order valence-corrected chi connectivity index (χ4v) is 5.26. The number of likely N-dealkylation sites (N-methyl/N-ethyl adjacent to an activating group) is 2. The Morgan fingerprint density at radius 2 is 1.50 bits per heavy atom. The molecule has 2 aliphatic carbocycles. The molecule has 22 heavy (non-hydrogen) atoms. The predicted molar refractivity (Wildman–Crippen MR) is 94.0 cm³/mol. The lowest BCUT2D eigenvalue weighted by atomic mass is 9.70. The van der Waals surface area contributed by atoms with Crippen LogP contribution in [-0.2, 0) is 0 Å². The fraction of sp³-hybridized carbons (Fsp3) is 1.00. The number of nitrogens with zero attached hydrogens (tertiary/aromatic N) is 2. The van der Waals surface area contributed by atoms with E-state index < -0.39 is 0 Å². The van der Waals surface area contributed by atoms with E-state index in [2.05, 4.69) is 51.3 Å². The molecule has 2 fully saturated rings. The Bertz CT molecular complexity index is 366. The highest BCUT2D eigenvalue weighted by Crippen LogP contribution is 2.67. The summed E-state index contributed by atoms with van der Waals surface area (Å²) < 4.78 is 0. The van der Waals surface area contributed by atoms with E-state index in [1.165, 1.54) is 12.8 Å². The Kier molecular flexibility index (Phi) is 5.62. The van der Waals surface area contributed by atoms with Crippen molar-refractivity contribution in [1.82, 2.24) is 9.80 Å². The van der Waals surface area contributed by atoms with E-state index in [0.717, 1.165) is 39.3 Å². The largest absolute Gasteiger partial charge is 0.392 e. The molecule has 3 nitrogen and oxygen atoms in total. The number of hydrogen-bond donors (Lipinski definition) is 1. The minimum Gasteiger partial charge on any atom is -0.392 e. The fourth-order valence-electron chi connectivity index (χ4n) is 5.26. The van der Waals surface area contributed by atoms with Crippen LogP contribution >= 0.6 is 0 Å². The van der Waals surface area contributed by atoms with Crippen molar-refractivity contribution in [3.8, 4) is 0 Å². The molecule has 4 atom stereocenters. The predicted octanol–water partition coefficient (Wildman–Crippen LogP) is 3.08. The van der Waals surface area contributed by atoms with E-state index in [9.17, 15) is 5.11 Å². The molecule has 0 aromatic rings. The third-order valence-corrected chi connectivity index (χ3v) is 7.49. The molecule has 0 aromatic carbocycles. The summed E-state index contributed by atoms with van der Waals surface area (Å²) in [4.78, 5) is 5.05. The highest BCUT2D eigenvalue weighted by molar-refractivity contribution is 5.14. The molecule has 4 unspecified atom stereocenters. The maximum atomic E-state index is 11.0. The number of aliphatic hydroxyl groups excluding tert-OH is 1. The standard InChI is InChI=1S/C19H38N2O/c1-7-20(8-2)12-13-21(9-3)14-15-16-10-11-19(6,17(15)22)18(16,4)5/h15-17,22H,7-14H2,1-6H3. The SMILES string of the molecule is CCN(CC)CCN(CC)CC1C2CCC(C)(C1O)C2(C)C. The molecule has 2 bridgehead atoms. The van der Waals surface area contributed by atoms with Crippen LogP contribution in [0.2, 0.25) is 0 Å². The first kappa shape index (κ1) is 18.2. The van der Waals surface area contributed by atoms with Crippen LogP contribution in [0.4, 0.5) is 0 Å². The van der Waals surface area contributed by atoms with Gasteiger partial charge >= 0.3 is 0 Å². The summed E-state index contributed by atoms with van der Waals surface area (Å²) in [5.41, 5.74) is 0.413. The van der Waals surface area contributed by atoms with Gasteiger partial charge in [-0.15, -0.1) is 0 Å². The van der Waals surface area contributed by atoms with Crippen LogP contribution in [0.1, 0.15) is 54.4 Å². The molecule has 2 rings (SSSR count). The maximum absolute atomic E-state index is 11.0. The van der Waals surface area contributed by atoms with Gasteiger partial charge in [0, 0.05) is 25.6 Å². The minimum absolute atomic E-state index is 0.122. The molecule has 0 radical (unpaired) electrons. The van der Waals surface area contributed by atoms with Crippen molar-refractivity contribution in [3.05, 3.63) is 0 Å². The van der Waals surface area contributed by atoms with Gasteiger partial charge in [-0.25, -0.2) is 0 Å². The van der Waals surface area contributed by atoms with E-state index in [4.69, 9.17) is 0 Å². The Hall–Kier alpha value is -0.120. The van der Waals surface area contributed by atoms with Crippen LogP contribution in [0.3, 0.4) is 0 Å². The topological polar surface area (TPSA) is 26.7 Å². The second-order valence-corrected chi connectivity index (χ2v) is 8.31. The van der Waals surface area contributed by atoms with Crippen molar-refractivity contribution >= 4 is 0 Å². The molecule has 0 aromatic heterocycles. The van der Waals surface area contributed by atoms with Gasteiger partial charge in [0.05, 0.1) is 6.10 Å². The molecule has 130 valence electrons. The van der Waals surface area contributed by atoms with Gasteiger partial charge in [-0.3, -0.25) is 0 Å². The third kappa shape index (κ3) is 2.85. The maximum Gasteiger partial charge on any atom is 0.0642 e. The lowest BCUT2D eigenvalue weighted by Gasteiger charge is -2.38. The van der Waals surface area contributed by atoms with Gasteiger partial charge in [-0.05, 0) is 49.2 Å². The van der Waals surface area contributed by atoms with Crippen LogP contribution in [-0.4, -0.2) is 60.3 Å². The van der Waals surface area contributed by atoms with Crippen molar-refractivity contribution in [3.63, 3.8) is 0 Å². The van der Waals surface area contributed by atoms with Crippen molar-refractivity contribution in [1.29, 1.82) is 0 Å².